The maximum Gasteiger partial charge on any atom is 0.334 e. The molecule has 0 radical (unpaired) electrons. The molecule has 3 rings (SSSR count). The molecule has 1 aromatic heterocycles. The van der Waals surface area contributed by atoms with E-state index in [0.29, 0.717) is 18.0 Å². The zero-order valence-electron chi connectivity index (χ0n) is 14.4. The number of carbonyl (C=O) groups excluding carboxylic acids is 1. The van der Waals surface area contributed by atoms with Crippen LogP contribution in [0, 0.1) is 0 Å². The average Bonchev–Trinajstić information content (AvgIpc) is 3.31. The van der Waals surface area contributed by atoms with E-state index in [2.05, 4.69) is 18.9 Å². The van der Waals surface area contributed by atoms with Gasteiger partial charge in [0.25, 0.3) is 5.91 Å². The van der Waals surface area contributed by atoms with Gasteiger partial charge in [0.2, 0.25) is 0 Å². The summed E-state index contributed by atoms with van der Waals surface area (Å²) in [6.45, 7) is 6.48. The Morgan fingerprint density at radius 3 is 2.71 bits per heavy atom. The SMILES string of the molecule is CCC(C)n1ncc(C(=O)N2CC(C(=O)O)O[C@H](C)C2)c1C1CC1. The molecule has 2 unspecified atom stereocenters. The highest BCUT2D eigenvalue weighted by Crippen LogP contribution is 2.43. The smallest absolute Gasteiger partial charge is 0.334 e. The lowest BCUT2D eigenvalue weighted by molar-refractivity contribution is -0.160. The lowest BCUT2D eigenvalue weighted by Gasteiger charge is -2.35. The fourth-order valence-corrected chi connectivity index (χ4v) is 3.25. The minimum Gasteiger partial charge on any atom is -0.479 e. The molecule has 3 atom stereocenters. The standard InChI is InChI=1S/C17H25N3O4/c1-4-10(2)20-15(12-5-6-12)13(7-18-20)16(21)19-8-11(3)24-14(9-19)17(22)23/h7,10-12,14H,4-6,8-9H2,1-3H3,(H,22,23)/t10?,11-,14?/m1/s1. The van der Waals surface area contributed by atoms with Gasteiger partial charge in [0.1, 0.15) is 0 Å². The van der Waals surface area contributed by atoms with Crippen LogP contribution in [0.25, 0.3) is 0 Å². The largest absolute Gasteiger partial charge is 0.479 e. The summed E-state index contributed by atoms with van der Waals surface area (Å²) in [5, 5.41) is 13.7. The molecule has 1 N–H and O–H groups in total. The van der Waals surface area contributed by atoms with Gasteiger partial charge in [0.15, 0.2) is 6.10 Å². The molecule has 2 fully saturated rings. The third-order valence-electron chi connectivity index (χ3n) is 4.86. The Kier molecular flexibility index (Phi) is 4.62. The Morgan fingerprint density at radius 2 is 2.12 bits per heavy atom. The first kappa shape index (κ1) is 17.0. The van der Waals surface area contributed by atoms with Crippen molar-refractivity contribution in [2.24, 2.45) is 0 Å². The van der Waals surface area contributed by atoms with Gasteiger partial charge in [-0.15, -0.1) is 0 Å². The highest BCUT2D eigenvalue weighted by molar-refractivity contribution is 5.96. The molecule has 1 saturated carbocycles. The highest BCUT2D eigenvalue weighted by Gasteiger charge is 2.38. The maximum absolute atomic E-state index is 13.0. The molecule has 2 heterocycles. The van der Waals surface area contributed by atoms with Crippen molar-refractivity contribution in [2.45, 2.75) is 64.2 Å². The second kappa shape index (κ2) is 6.55. The first-order valence-corrected chi connectivity index (χ1v) is 8.67. The molecule has 2 aliphatic rings. The summed E-state index contributed by atoms with van der Waals surface area (Å²) < 4.78 is 7.38. The van der Waals surface area contributed by atoms with Crippen molar-refractivity contribution in [1.29, 1.82) is 0 Å². The minimum atomic E-state index is -1.03. The molecular formula is C17H25N3O4. The van der Waals surface area contributed by atoms with Crippen LogP contribution < -0.4 is 0 Å². The Bertz CT molecular complexity index is 638. The predicted octanol–water partition coefficient (Wildman–Crippen LogP) is 2.05. The fraction of sp³-hybridized carbons (Fsp3) is 0.706. The third-order valence-corrected chi connectivity index (χ3v) is 4.86. The van der Waals surface area contributed by atoms with Crippen LogP contribution in [0.1, 0.15) is 68.0 Å². The average molecular weight is 335 g/mol. The van der Waals surface area contributed by atoms with Crippen LogP contribution in [-0.2, 0) is 9.53 Å². The number of carbonyl (C=O) groups is 2. The van der Waals surface area contributed by atoms with E-state index in [1.807, 2.05) is 4.68 Å². The quantitative estimate of drug-likeness (QED) is 0.890. The van der Waals surface area contributed by atoms with Gasteiger partial charge in [-0.3, -0.25) is 9.48 Å². The molecule has 24 heavy (non-hydrogen) atoms. The molecule has 7 heteroatoms. The van der Waals surface area contributed by atoms with Crippen LogP contribution in [-0.4, -0.2) is 57.0 Å². The highest BCUT2D eigenvalue weighted by atomic mass is 16.5. The zero-order chi connectivity index (χ0) is 17.4. The van der Waals surface area contributed by atoms with E-state index in [1.54, 1.807) is 18.0 Å². The number of aromatic nitrogens is 2. The number of carboxylic acid groups (broad SMARTS) is 1. The van der Waals surface area contributed by atoms with Crippen molar-refractivity contribution in [3.05, 3.63) is 17.5 Å². The molecule has 0 aromatic carbocycles. The zero-order valence-corrected chi connectivity index (χ0v) is 14.4. The van der Waals surface area contributed by atoms with Crippen LogP contribution in [0.15, 0.2) is 6.20 Å². The van der Waals surface area contributed by atoms with Gasteiger partial charge < -0.3 is 14.7 Å². The maximum atomic E-state index is 13.0. The molecule has 0 bridgehead atoms. The molecule has 1 aliphatic carbocycles. The number of aliphatic carboxylic acids is 1. The van der Waals surface area contributed by atoms with Gasteiger partial charge in [0.05, 0.1) is 30.1 Å². The first-order valence-electron chi connectivity index (χ1n) is 8.67. The Morgan fingerprint density at radius 1 is 1.42 bits per heavy atom. The van der Waals surface area contributed by atoms with E-state index >= 15 is 0 Å². The summed E-state index contributed by atoms with van der Waals surface area (Å²) in [5.41, 5.74) is 1.64. The summed E-state index contributed by atoms with van der Waals surface area (Å²) in [6.07, 6.45) is 3.51. The number of amides is 1. The van der Waals surface area contributed by atoms with Crippen LogP contribution in [0.5, 0.6) is 0 Å². The molecule has 1 saturated heterocycles. The topological polar surface area (TPSA) is 84.7 Å². The number of morpholine rings is 1. The van der Waals surface area contributed by atoms with Crippen LogP contribution in [0.4, 0.5) is 0 Å². The number of hydrogen-bond donors (Lipinski definition) is 1. The lowest BCUT2D eigenvalue weighted by atomic mass is 10.1. The molecule has 1 amide bonds. The molecule has 132 valence electrons. The molecular weight excluding hydrogens is 310 g/mol. The number of rotatable bonds is 5. The van der Waals surface area contributed by atoms with E-state index in [1.165, 1.54) is 0 Å². The van der Waals surface area contributed by atoms with Gasteiger partial charge in [-0.25, -0.2) is 4.79 Å². The van der Waals surface area contributed by atoms with E-state index < -0.39 is 12.1 Å². The second-order valence-corrected chi connectivity index (χ2v) is 6.90. The van der Waals surface area contributed by atoms with Crippen molar-refractivity contribution < 1.29 is 19.4 Å². The summed E-state index contributed by atoms with van der Waals surface area (Å²) in [7, 11) is 0. The van der Waals surface area contributed by atoms with Gasteiger partial charge >= 0.3 is 5.97 Å². The van der Waals surface area contributed by atoms with E-state index in [9.17, 15) is 14.7 Å². The summed E-state index contributed by atoms with van der Waals surface area (Å²) in [5.74, 6) is -0.765. The Balaban J connectivity index is 1.87. The minimum absolute atomic E-state index is 0.0805. The van der Waals surface area contributed by atoms with Crippen molar-refractivity contribution in [3.8, 4) is 0 Å². The fourth-order valence-electron chi connectivity index (χ4n) is 3.25. The van der Waals surface area contributed by atoms with Gasteiger partial charge in [0, 0.05) is 18.5 Å². The van der Waals surface area contributed by atoms with Crippen LogP contribution in [0.2, 0.25) is 0 Å². The third kappa shape index (κ3) is 3.17. The van der Waals surface area contributed by atoms with Crippen molar-refractivity contribution >= 4 is 11.9 Å². The molecule has 7 nitrogen and oxygen atoms in total. The first-order chi connectivity index (χ1) is 11.4. The predicted molar refractivity (Wildman–Crippen MR) is 87.1 cm³/mol. The van der Waals surface area contributed by atoms with E-state index in [4.69, 9.17) is 4.74 Å². The number of ether oxygens (including phenoxy) is 1. The van der Waals surface area contributed by atoms with Gasteiger partial charge in [-0.05, 0) is 33.1 Å². The van der Waals surface area contributed by atoms with Crippen LogP contribution in [0.3, 0.4) is 0 Å². The van der Waals surface area contributed by atoms with Crippen LogP contribution >= 0.6 is 0 Å². The number of nitrogens with zero attached hydrogens (tertiary/aromatic N) is 3. The number of hydrogen-bond acceptors (Lipinski definition) is 4. The summed E-state index contributed by atoms with van der Waals surface area (Å²) >= 11 is 0. The monoisotopic (exact) mass is 335 g/mol. The summed E-state index contributed by atoms with van der Waals surface area (Å²) in [6, 6.07) is 0.248. The van der Waals surface area contributed by atoms with Crippen molar-refractivity contribution in [2.75, 3.05) is 13.1 Å². The second-order valence-electron chi connectivity index (χ2n) is 6.90. The summed E-state index contributed by atoms with van der Waals surface area (Å²) in [4.78, 5) is 25.9. The molecule has 1 aliphatic heterocycles. The Hall–Kier alpha value is -1.89. The molecule has 0 spiro atoms. The molecule has 1 aromatic rings. The number of carboxylic acids is 1. The van der Waals surface area contributed by atoms with Gasteiger partial charge in [-0.1, -0.05) is 6.92 Å². The van der Waals surface area contributed by atoms with E-state index in [0.717, 1.165) is 25.0 Å². The normalized spacial score (nSPS) is 25.5. The Labute approximate surface area is 141 Å². The van der Waals surface area contributed by atoms with Gasteiger partial charge in [-0.2, -0.15) is 5.10 Å². The lowest BCUT2D eigenvalue weighted by Crippen LogP contribution is -2.51. The van der Waals surface area contributed by atoms with Crippen molar-refractivity contribution in [1.82, 2.24) is 14.7 Å². The van der Waals surface area contributed by atoms with E-state index in [-0.39, 0.29) is 24.6 Å². The van der Waals surface area contributed by atoms with Crippen molar-refractivity contribution in [3.63, 3.8) is 0 Å².